The van der Waals surface area contributed by atoms with Crippen LogP contribution in [-0.2, 0) is 6.42 Å². The molecule has 0 aliphatic rings. The minimum absolute atomic E-state index is 0.580. The van der Waals surface area contributed by atoms with Gasteiger partial charge in [-0.3, -0.25) is 0 Å². The molecular weight excluding hydrogens is 256 g/mol. The van der Waals surface area contributed by atoms with E-state index in [1.54, 1.807) is 12.5 Å². The van der Waals surface area contributed by atoms with Crippen molar-refractivity contribution in [1.29, 1.82) is 0 Å². The number of aromatic nitrogens is 3. The molecule has 0 aromatic carbocycles. The van der Waals surface area contributed by atoms with Gasteiger partial charge < -0.3 is 19.5 Å². The topological polar surface area (TPSA) is 70.3 Å². The van der Waals surface area contributed by atoms with E-state index < -0.39 is 0 Å². The van der Waals surface area contributed by atoms with Crippen LogP contribution in [0, 0.1) is 0 Å². The molecule has 0 unspecified atom stereocenters. The molecule has 0 bridgehead atoms. The van der Waals surface area contributed by atoms with Crippen molar-refractivity contribution in [2.75, 3.05) is 49.9 Å². The Morgan fingerprint density at radius 1 is 1.05 bits per heavy atom. The van der Waals surface area contributed by atoms with Gasteiger partial charge in [-0.15, -0.1) is 0 Å². The van der Waals surface area contributed by atoms with Crippen LogP contribution in [0.3, 0.4) is 0 Å². The Bertz CT molecular complexity index is 512. The van der Waals surface area contributed by atoms with Crippen molar-refractivity contribution in [2.45, 2.75) is 6.42 Å². The summed E-state index contributed by atoms with van der Waals surface area (Å²) in [6.45, 7) is 0.739. The molecule has 0 amide bonds. The molecule has 1 N–H and O–H groups in total. The molecule has 2 aromatic heterocycles. The summed E-state index contributed by atoms with van der Waals surface area (Å²) in [5.41, 5.74) is 1.15. The van der Waals surface area contributed by atoms with Gasteiger partial charge in [0.1, 0.15) is 0 Å². The van der Waals surface area contributed by atoms with Crippen LogP contribution in [0.15, 0.2) is 23.0 Å². The van der Waals surface area contributed by atoms with Crippen LogP contribution in [0.25, 0.3) is 0 Å². The van der Waals surface area contributed by atoms with E-state index >= 15 is 0 Å². The highest BCUT2D eigenvalue weighted by atomic mass is 16.3. The first kappa shape index (κ1) is 14.1. The Morgan fingerprint density at radius 3 is 2.20 bits per heavy atom. The predicted molar refractivity (Wildman–Crippen MR) is 79.4 cm³/mol. The number of anilines is 3. The van der Waals surface area contributed by atoms with Gasteiger partial charge in [-0.1, -0.05) is 0 Å². The Hall–Kier alpha value is -2.31. The SMILES string of the molecule is CN(C)c1nc(NCCc2ccoc2)nc(N(C)C)n1. The Morgan fingerprint density at radius 2 is 1.70 bits per heavy atom. The Labute approximate surface area is 118 Å². The first-order valence-corrected chi connectivity index (χ1v) is 6.42. The second-order valence-corrected chi connectivity index (χ2v) is 4.86. The van der Waals surface area contributed by atoms with E-state index in [9.17, 15) is 0 Å². The van der Waals surface area contributed by atoms with Crippen LogP contribution in [0.1, 0.15) is 5.56 Å². The van der Waals surface area contributed by atoms with E-state index in [4.69, 9.17) is 4.42 Å². The predicted octanol–water partition coefficient (Wildman–Crippen LogP) is 1.25. The lowest BCUT2D eigenvalue weighted by Crippen LogP contribution is -2.20. The van der Waals surface area contributed by atoms with Crippen LogP contribution in [0.4, 0.5) is 17.8 Å². The summed E-state index contributed by atoms with van der Waals surface area (Å²) in [6, 6.07) is 1.95. The highest BCUT2D eigenvalue weighted by Crippen LogP contribution is 2.13. The molecule has 20 heavy (non-hydrogen) atoms. The second-order valence-electron chi connectivity index (χ2n) is 4.86. The van der Waals surface area contributed by atoms with Crippen LogP contribution in [-0.4, -0.2) is 49.7 Å². The van der Waals surface area contributed by atoms with Crippen molar-refractivity contribution >= 4 is 17.8 Å². The van der Waals surface area contributed by atoms with E-state index in [0.29, 0.717) is 17.8 Å². The average molecular weight is 276 g/mol. The summed E-state index contributed by atoms with van der Waals surface area (Å²) in [5, 5.41) is 3.22. The first-order chi connectivity index (χ1) is 9.56. The Kier molecular flexibility index (Phi) is 4.39. The summed E-state index contributed by atoms with van der Waals surface area (Å²) in [6.07, 6.45) is 4.27. The molecule has 0 radical (unpaired) electrons. The first-order valence-electron chi connectivity index (χ1n) is 6.42. The third kappa shape index (κ3) is 3.59. The Balaban J connectivity index is 2.06. The van der Waals surface area contributed by atoms with Gasteiger partial charge in [0.15, 0.2) is 0 Å². The highest BCUT2D eigenvalue weighted by molar-refractivity contribution is 5.43. The fraction of sp³-hybridized carbons (Fsp3) is 0.462. The monoisotopic (exact) mass is 276 g/mol. The average Bonchev–Trinajstić information content (AvgIpc) is 2.91. The molecule has 0 aliphatic heterocycles. The van der Waals surface area contributed by atoms with E-state index in [0.717, 1.165) is 18.5 Å². The van der Waals surface area contributed by atoms with Crippen molar-refractivity contribution in [3.8, 4) is 0 Å². The molecule has 2 rings (SSSR count). The van der Waals surface area contributed by atoms with E-state index in [2.05, 4.69) is 20.3 Å². The summed E-state index contributed by atoms with van der Waals surface area (Å²) < 4.78 is 5.04. The number of furan rings is 1. The fourth-order valence-electron chi connectivity index (χ4n) is 1.59. The van der Waals surface area contributed by atoms with Gasteiger partial charge in [0.25, 0.3) is 0 Å². The quantitative estimate of drug-likeness (QED) is 0.851. The molecule has 2 aromatic rings. The molecule has 2 heterocycles. The third-order valence-electron chi connectivity index (χ3n) is 2.69. The molecule has 7 heteroatoms. The zero-order valence-electron chi connectivity index (χ0n) is 12.3. The van der Waals surface area contributed by atoms with Crippen molar-refractivity contribution in [3.05, 3.63) is 24.2 Å². The normalized spacial score (nSPS) is 10.4. The zero-order chi connectivity index (χ0) is 14.5. The van der Waals surface area contributed by atoms with Crippen LogP contribution in [0.5, 0.6) is 0 Å². The largest absolute Gasteiger partial charge is 0.472 e. The van der Waals surface area contributed by atoms with Gasteiger partial charge in [0.2, 0.25) is 17.8 Å². The maximum Gasteiger partial charge on any atom is 0.231 e. The highest BCUT2D eigenvalue weighted by Gasteiger charge is 2.09. The number of nitrogens with one attached hydrogen (secondary N) is 1. The molecule has 0 saturated heterocycles. The molecular formula is C13H20N6O. The lowest BCUT2D eigenvalue weighted by molar-refractivity contribution is 0.564. The van der Waals surface area contributed by atoms with E-state index in [1.165, 1.54) is 0 Å². The van der Waals surface area contributed by atoms with Crippen molar-refractivity contribution < 1.29 is 4.42 Å². The maximum atomic E-state index is 5.04. The van der Waals surface area contributed by atoms with Crippen molar-refractivity contribution in [2.24, 2.45) is 0 Å². The summed E-state index contributed by atoms with van der Waals surface area (Å²) in [5.74, 6) is 1.85. The van der Waals surface area contributed by atoms with Gasteiger partial charge in [-0.2, -0.15) is 15.0 Å². The van der Waals surface area contributed by atoms with E-state index in [1.807, 2.05) is 44.1 Å². The van der Waals surface area contributed by atoms with Crippen LogP contribution < -0.4 is 15.1 Å². The molecule has 0 spiro atoms. The second kappa shape index (κ2) is 6.23. The van der Waals surface area contributed by atoms with Gasteiger partial charge >= 0.3 is 0 Å². The number of rotatable bonds is 6. The maximum absolute atomic E-state index is 5.04. The minimum Gasteiger partial charge on any atom is -0.472 e. The zero-order valence-corrected chi connectivity index (χ0v) is 12.3. The van der Waals surface area contributed by atoms with Gasteiger partial charge in [-0.05, 0) is 18.1 Å². The van der Waals surface area contributed by atoms with Gasteiger partial charge in [0.05, 0.1) is 12.5 Å². The summed E-state index contributed by atoms with van der Waals surface area (Å²) >= 11 is 0. The number of hydrogen-bond acceptors (Lipinski definition) is 7. The van der Waals surface area contributed by atoms with Crippen LogP contribution >= 0.6 is 0 Å². The van der Waals surface area contributed by atoms with Gasteiger partial charge in [0, 0.05) is 34.7 Å². The third-order valence-corrected chi connectivity index (χ3v) is 2.69. The minimum atomic E-state index is 0.580. The molecule has 0 atom stereocenters. The van der Waals surface area contributed by atoms with Crippen molar-refractivity contribution in [1.82, 2.24) is 15.0 Å². The van der Waals surface area contributed by atoms with Crippen molar-refractivity contribution in [3.63, 3.8) is 0 Å². The molecule has 0 aliphatic carbocycles. The standard InChI is InChI=1S/C13H20N6O/c1-18(2)12-15-11(16-13(17-12)19(3)4)14-7-5-10-6-8-20-9-10/h6,8-9H,5,7H2,1-4H3,(H,14,15,16,17). The van der Waals surface area contributed by atoms with E-state index in [-0.39, 0.29) is 0 Å². The lowest BCUT2D eigenvalue weighted by atomic mass is 10.2. The summed E-state index contributed by atoms with van der Waals surface area (Å²) in [7, 11) is 7.63. The number of nitrogens with zero attached hydrogens (tertiary/aromatic N) is 5. The molecule has 0 saturated carbocycles. The molecule has 7 nitrogen and oxygen atoms in total. The fourth-order valence-corrected chi connectivity index (χ4v) is 1.59. The lowest BCUT2D eigenvalue weighted by Gasteiger charge is -2.16. The molecule has 108 valence electrons. The summed E-state index contributed by atoms with van der Waals surface area (Å²) in [4.78, 5) is 16.8. The van der Waals surface area contributed by atoms with Crippen LogP contribution in [0.2, 0.25) is 0 Å². The van der Waals surface area contributed by atoms with Gasteiger partial charge in [-0.25, -0.2) is 0 Å². The molecule has 0 fully saturated rings. The smallest absolute Gasteiger partial charge is 0.231 e. The number of hydrogen-bond donors (Lipinski definition) is 1.